The first-order valence-electron chi connectivity index (χ1n) is 4.96. The molecule has 5 heteroatoms. The Balaban J connectivity index is 2.90. The number of aryl methyl sites for hydroxylation is 1. The van der Waals surface area contributed by atoms with E-state index in [9.17, 15) is 10.1 Å². The van der Waals surface area contributed by atoms with Crippen LogP contribution in [0.15, 0.2) is 18.2 Å². The van der Waals surface area contributed by atoms with E-state index >= 15 is 0 Å². The minimum Gasteiger partial charge on any atom is -0.486 e. The maximum atomic E-state index is 10.8. The number of rotatable bonds is 5. The van der Waals surface area contributed by atoms with Crippen LogP contribution in [0.5, 0.6) is 5.75 Å². The van der Waals surface area contributed by atoms with Crippen molar-refractivity contribution in [3.63, 3.8) is 0 Å². The molecule has 0 aliphatic carbocycles. The Kier molecular flexibility index (Phi) is 4.28. The number of nitrogens with zero attached hydrogens (tertiary/aromatic N) is 2. The largest absolute Gasteiger partial charge is 0.486 e. The summed E-state index contributed by atoms with van der Waals surface area (Å²) in [6.07, 6.45) is 0.950. The van der Waals surface area contributed by atoms with E-state index in [-0.39, 0.29) is 24.5 Å². The summed E-state index contributed by atoms with van der Waals surface area (Å²) in [5, 5.41) is 19.1. The molecule has 0 bridgehead atoms. The lowest BCUT2D eigenvalue weighted by molar-refractivity contribution is -0.385. The van der Waals surface area contributed by atoms with Crippen molar-refractivity contribution < 1.29 is 9.66 Å². The van der Waals surface area contributed by atoms with Gasteiger partial charge in [-0.15, -0.1) is 0 Å². The summed E-state index contributed by atoms with van der Waals surface area (Å²) in [4.78, 5) is 10.3. The van der Waals surface area contributed by atoms with E-state index in [0.29, 0.717) is 0 Å². The van der Waals surface area contributed by atoms with Crippen molar-refractivity contribution in [2.24, 2.45) is 0 Å². The number of hydrogen-bond acceptors (Lipinski definition) is 4. The highest BCUT2D eigenvalue weighted by molar-refractivity contribution is 5.48. The number of nitro groups is 1. The molecule has 0 heterocycles. The third-order valence-electron chi connectivity index (χ3n) is 2.10. The quantitative estimate of drug-likeness (QED) is 0.434. The summed E-state index contributed by atoms with van der Waals surface area (Å²) < 4.78 is 5.17. The first-order chi connectivity index (χ1) is 7.69. The number of hydrogen-bond donors (Lipinski definition) is 0. The lowest BCUT2D eigenvalue weighted by Crippen LogP contribution is -2.00. The molecule has 0 saturated carbocycles. The molecule has 0 aliphatic rings. The molecule has 0 aliphatic heterocycles. The minimum atomic E-state index is -0.471. The third-order valence-corrected chi connectivity index (χ3v) is 2.10. The molecule has 0 saturated heterocycles. The lowest BCUT2D eigenvalue weighted by atomic mass is 10.1. The van der Waals surface area contributed by atoms with Gasteiger partial charge in [-0.2, -0.15) is 5.26 Å². The molecule has 0 atom stereocenters. The molecule has 1 aromatic rings. The highest BCUT2D eigenvalue weighted by Crippen LogP contribution is 2.28. The van der Waals surface area contributed by atoms with Crippen molar-refractivity contribution in [2.45, 2.75) is 19.8 Å². The molecule has 0 radical (unpaired) electrons. The maximum absolute atomic E-state index is 10.8. The van der Waals surface area contributed by atoms with Crippen molar-refractivity contribution in [2.75, 3.05) is 6.61 Å². The molecule has 5 nitrogen and oxygen atoms in total. The van der Waals surface area contributed by atoms with Crippen molar-refractivity contribution in [1.82, 2.24) is 0 Å². The van der Waals surface area contributed by atoms with Gasteiger partial charge in [-0.25, -0.2) is 0 Å². The van der Waals surface area contributed by atoms with Crippen LogP contribution in [0.25, 0.3) is 0 Å². The van der Waals surface area contributed by atoms with Gasteiger partial charge >= 0.3 is 5.69 Å². The Labute approximate surface area is 93.4 Å². The Morgan fingerprint density at radius 2 is 2.31 bits per heavy atom. The standard InChI is InChI=1S/C11H12N2O3/c1-2-9-4-5-11(16-7-3-6-12)10(8-9)13(14)15/h4-5,8H,2-3,7H2,1H3. The summed E-state index contributed by atoms with van der Waals surface area (Å²) in [5.74, 6) is 0.220. The molecular formula is C11H12N2O3. The van der Waals surface area contributed by atoms with Gasteiger partial charge in [-0.05, 0) is 18.1 Å². The molecule has 0 unspecified atom stereocenters. The lowest BCUT2D eigenvalue weighted by Gasteiger charge is -2.05. The van der Waals surface area contributed by atoms with Crippen LogP contribution in [0.1, 0.15) is 18.9 Å². The van der Waals surface area contributed by atoms with E-state index in [1.807, 2.05) is 13.0 Å². The zero-order chi connectivity index (χ0) is 12.0. The third kappa shape index (κ3) is 2.95. The molecule has 0 spiro atoms. The van der Waals surface area contributed by atoms with E-state index in [1.165, 1.54) is 6.07 Å². The highest BCUT2D eigenvalue weighted by atomic mass is 16.6. The average Bonchev–Trinajstić information content (AvgIpc) is 2.29. The van der Waals surface area contributed by atoms with E-state index in [2.05, 4.69) is 0 Å². The fourth-order valence-corrected chi connectivity index (χ4v) is 1.25. The van der Waals surface area contributed by atoms with Crippen molar-refractivity contribution in [3.8, 4) is 11.8 Å². The topological polar surface area (TPSA) is 76.2 Å². The Morgan fingerprint density at radius 1 is 1.56 bits per heavy atom. The van der Waals surface area contributed by atoms with Crippen LogP contribution in [-0.4, -0.2) is 11.5 Å². The predicted molar refractivity (Wildman–Crippen MR) is 58.2 cm³/mol. The average molecular weight is 220 g/mol. The van der Waals surface area contributed by atoms with Gasteiger partial charge in [0.25, 0.3) is 0 Å². The van der Waals surface area contributed by atoms with Crippen LogP contribution in [0.3, 0.4) is 0 Å². The van der Waals surface area contributed by atoms with Crippen LogP contribution >= 0.6 is 0 Å². The second-order valence-electron chi connectivity index (χ2n) is 3.17. The predicted octanol–water partition coefficient (Wildman–Crippen LogP) is 2.45. The summed E-state index contributed by atoms with van der Waals surface area (Å²) in [5.41, 5.74) is 0.844. The Morgan fingerprint density at radius 3 is 2.88 bits per heavy atom. The number of nitro benzene ring substituents is 1. The van der Waals surface area contributed by atoms with Gasteiger partial charge in [0.05, 0.1) is 17.4 Å². The fraction of sp³-hybridized carbons (Fsp3) is 0.364. The van der Waals surface area contributed by atoms with Crippen LogP contribution in [0, 0.1) is 21.4 Å². The molecule has 84 valence electrons. The zero-order valence-electron chi connectivity index (χ0n) is 8.97. The van der Waals surface area contributed by atoms with Crippen LogP contribution < -0.4 is 4.74 Å². The van der Waals surface area contributed by atoms with Gasteiger partial charge in [-0.3, -0.25) is 10.1 Å². The highest BCUT2D eigenvalue weighted by Gasteiger charge is 2.15. The van der Waals surface area contributed by atoms with Gasteiger partial charge in [-0.1, -0.05) is 13.0 Å². The van der Waals surface area contributed by atoms with Crippen molar-refractivity contribution in [1.29, 1.82) is 5.26 Å². The Bertz CT molecular complexity index is 424. The van der Waals surface area contributed by atoms with Crippen LogP contribution in [0.4, 0.5) is 5.69 Å². The first-order valence-corrected chi connectivity index (χ1v) is 4.96. The van der Waals surface area contributed by atoms with Gasteiger partial charge in [0.1, 0.15) is 6.61 Å². The van der Waals surface area contributed by atoms with Gasteiger partial charge in [0.2, 0.25) is 0 Å². The molecule has 1 rings (SSSR count). The number of nitriles is 1. The van der Waals surface area contributed by atoms with Crippen LogP contribution in [0.2, 0.25) is 0 Å². The molecule has 0 fully saturated rings. The van der Waals surface area contributed by atoms with Crippen LogP contribution in [-0.2, 0) is 6.42 Å². The van der Waals surface area contributed by atoms with E-state index in [0.717, 1.165) is 12.0 Å². The molecule has 0 amide bonds. The first kappa shape index (κ1) is 12.0. The normalized spacial score (nSPS) is 9.50. The minimum absolute atomic E-state index is 0.0442. The number of benzene rings is 1. The molecule has 16 heavy (non-hydrogen) atoms. The summed E-state index contributed by atoms with van der Waals surface area (Å²) in [6, 6.07) is 6.78. The molecule has 0 aromatic heterocycles. The van der Waals surface area contributed by atoms with Crippen molar-refractivity contribution >= 4 is 5.69 Å². The second kappa shape index (κ2) is 5.71. The van der Waals surface area contributed by atoms with Crippen molar-refractivity contribution in [3.05, 3.63) is 33.9 Å². The zero-order valence-corrected chi connectivity index (χ0v) is 8.97. The van der Waals surface area contributed by atoms with Gasteiger partial charge in [0, 0.05) is 6.07 Å². The van der Waals surface area contributed by atoms with E-state index in [1.54, 1.807) is 12.1 Å². The number of ether oxygens (including phenoxy) is 1. The van der Waals surface area contributed by atoms with Gasteiger partial charge < -0.3 is 4.74 Å². The fourth-order valence-electron chi connectivity index (χ4n) is 1.25. The maximum Gasteiger partial charge on any atom is 0.311 e. The summed E-state index contributed by atoms with van der Waals surface area (Å²) in [7, 11) is 0. The summed E-state index contributed by atoms with van der Waals surface area (Å²) in [6.45, 7) is 2.10. The monoisotopic (exact) mass is 220 g/mol. The second-order valence-corrected chi connectivity index (χ2v) is 3.17. The molecule has 0 N–H and O–H groups in total. The van der Waals surface area contributed by atoms with E-state index < -0.39 is 4.92 Å². The summed E-state index contributed by atoms with van der Waals surface area (Å²) >= 11 is 0. The molecule has 1 aromatic carbocycles. The SMILES string of the molecule is CCc1ccc(OCCC#N)c([N+](=O)[O-])c1. The Hall–Kier alpha value is -2.09. The molecular weight excluding hydrogens is 208 g/mol. The van der Waals surface area contributed by atoms with Gasteiger partial charge in [0.15, 0.2) is 5.75 Å². The smallest absolute Gasteiger partial charge is 0.311 e. The van der Waals surface area contributed by atoms with E-state index in [4.69, 9.17) is 10.00 Å².